The summed E-state index contributed by atoms with van der Waals surface area (Å²) in [5, 5.41) is 3.02. The number of halogens is 1. The van der Waals surface area contributed by atoms with Gasteiger partial charge in [0, 0.05) is 10.9 Å². The van der Waals surface area contributed by atoms with Crippen LogP contribution in [-0.2, 0) is 4.74 Å². The number of hydrogen-bond acceptors (Lipinski definition) is 5. The zero-order valence-electron chi connectivity index (χ0n) is 13.6. The molecule has 25 heavy (non-hydrogen) atoms. The minimum atomic E-state index is -0.461. The van der Waals surface area contributed by atoms with E-state index in [1.807, 2.05) is 43.3 Å². The maximum absolute atomic E-state index is 12.1. The summed E-state index contributed by atoms with van der Waals surface area (Å²) in [6, 6.07) is 15.2. The number of para-hydroxylation sites is 1. The first kappa shape index (κ1) is 17.5. The molecule has 0 aliphatic carbocycles. The van der Waals surface area contributed by atoms with Gasteiger partial charge in [-0.2, -0.15) is 0 Å². The van der Waals surface area contributed by atoms with E-state index >= 15 is 0 Å². The Morgan fingerprint density at radius 1 is 1.12 bits per heavy atom. The fraction of sp³-hybridized carbons (Fsp3) is 0.158. The van der Waals surface area contributed by atoms with Gasteiger partial charge in [-0.05, 0) is 19.1 Å². The highest BCUT2D eigenvalue weighted by Crippen LogP contribution is 2.25. The number of hydrogen-bond donors (Lipinski definition) is 0. The molecule has 1 aromatic heterocycles. The molecule has 0 fully saturated rings. The number of esters is 1. The predicted octanol–water partition coefficient (Wildman–Crippen LogP) is 5.01. The molecule has 4 nitrogen and oxygen atoms in total. The van der Waals surface area contributed by atoms with Crippen LogP contribution in [-0.4, -0.2) is 24.2 Å². The lowest BCUT2D eigenvalue weighted by molar-refractivity contribution is 0.0445. The molecule has 2 aromatic carbocycles. The summed E-state index contributed by atoms with van der Waals surface area (Å²) in [6.07, 6.45) is 0. The van der Waals surface area contributed by atoms with E-state index in [2.05, 4.69) is 4.98 Å². The van der Waals surface area contributed by atoms with Gasteiger partial charge in [-0.1, -0.05) is 53.6 Å². The second kappa shape index (κ2) is 8.14. The van der Waals surface area contributed by atoms with Gasteiger partial charge in [-0.15, -0.1) is 11.3 Å². The molecule has 0 bridgehead atoms. The summed E-state index contributed by atoms with van der Waals surface area (Å²) >= 11 is 7.41. The topological polar surface area (TPSA) is 48.4 Å². The highest BCUT2D eigenvalue weighted by molar-refractivity contribution is 7.13. The van der Waals surface area contributed by atoms with Gasteiger partial charge in [-0.25, -0.2) is 9.78 Å². The molecule has 3 rings (SSSR count). The van der Waals surface area contributed by atoms with Gasteiger partial charge in [0.05, 0.1) is 5.02 Å². The largest absolute Gasteiger partial charge is 0.488 e. The number of nitrogens with zero attached hydrogens (tertiary/aromatic N) is 1. The van der Waals surface area contributed by atoms with Gasteiger partial charge in [0.15, 0.2) is 5.69 Å². The Balaban J connectivity index is 1.52. The van der Waals surface area contributed by atoms with Crippen molar-refractivity contribution < 1.29 is 14.3 Å². The predicted molar refractivity (Wildman–Crippen MR) is 99.5 cm³/mol. The number of carbonyl (C=O) groups excluding carboxylic acids is 1. The van der Waals surface area contributed by atoms with Crippen molar-refractivity contribution in [2.24, 2.45) is 0 Å². The second-order valence-electron chi connectivity index (χ2n) is 5.32. The summed E-state index contributed by atoms with van der Waals surface area (Å²) in [4.78, 5) is 16.4. The first-order chi connectivity index (χ1) is 12.1. The summed E-state index contributed by atoms with van der Waals surface area (Å²) < 4.78 is 10.7. The molecule has 0 amide bonds. The van der Waals surface area contributed by atoms with E-state index in [-0.39, 0.29) is 13.2 Å². The molecule has 0 atom stereocenters. The quantitative estimate of drug-likeness (QED) is 0.450. The third kappa shape index (κ3) is 4.59. The van der Waals surface area contributed by atoms with E-state index in [0.29, 0.717) is 16.5 Å². The van der Waals surface area contributed by atoms with Gasteiger partial charge in [0.1, 0.15) is 24.0 Å². The monoisotopic (exact) mass is 373 g/mol. The van der Waals surface area contributed by atoms with Crippen molar-refractivity contribution in [3.05, 3.63) is 70.2 Å². The van der Waals surface area contributed by atoms with Gasteiger partial charge >= 0.3 is 5.97 Å². The molecule has 0 aliphatic rings. The van der Waals surface area contributed by atoms with Gasteiger partial charge < -0.3 is 9.47 Å². The molecule has 128 valence electrons. The lowest BCUT2D eigenvalue weighted by atomic mass is 10.2. The van der Waals surface area contributed by atoms with Gasteiger partial charge in [0.2, 0.25) is 0 Å². The zero-order chi connectivity index (χ0) is 17.6. The van der Waals surface area contributed by atoms with E-state index in [9.17, 15) is 4.79 Å². The average molecular weight is 374 g/mol. The van der Waals surface area contributed by atoms with E-state index in [4.69, 9.17) is 21.1 Å². The SMILES string of the molecule is Cc1ccc(-c2nc(C(=O)OCCOc3ccccc3Cl)cs2)cc1. The molecule has 0 spiro atoms. The molecule has 0 saturated heterocycles. The normalized spacial score (nSPS) is 10.5. The van der Waals surface area contributed by atoms with Crippen LogP contribution in [0, 0.1) is 6.92 Å². The first-order valence-electron chi connectivity index (χ1n) is 7.70. The van der Waals surface area contributed by atoms with Crippen LogP contribution in [0.4, 0.5) is 0 Å². The van der Waals surface area contributed by atoms with Crippen molar-refractivity contribution in [3.63, 3.8) is 0 Å². The number of benzene rings is 2. The van der Waals surface area contributed by atoms with Crippen LogP contribution in [0.25, 0.3) is 10.6 Å². The molecule has 0 N–H and O–H groups in total. The third-order valence-corrected chi connectivity index (χ3v) is 4.63. The summed E-state index contributed by atoms with van der Waals surface area (Å²) in [7, 11) is 0. The van der Waals surface area contributed by atoms with Crippen LogP contribution >= 0.6 is 22.9 Å². The lowest BCUT2D eigenvalue weighted by Gasteiger charge is -2.07. The lowest BCUT2D eigenvalue weighted by Crippen LogP contribution is -2.12. The molecular weight excluding hydrogens is 358 g/mol. The van der Waals surface area contributed by atoms with E-state index in [1.165, 1.54) is 16.9 Å². The Morgan fingerprint density at radius 2 is 1.88 bits per heavy atom. The Labute approximate surface area is 155 Å². The van der Waals surface area contributed by atoms with Crippen molar-refractivity contribution >= 4 is 28.9 Å². The smallest absolute Gasteiger partial charge is 0.357 e. The molecule has 0 radical (unpaired) electrons. The molecule has 0 aliphatic heterocycles. The summed E-state index contributed by atoms with van der Waals surface area (Å²) in [5.74, 6) is 0.105. The highest BCUT2D eigenvalue weighted by atomic mass is 35.5. The van der Waals surface area contributed by atoms with Crippen LogP contribution in [0.1, 0.15) is 16.1 Å². The van der Waals surface area contributed by atoms with Crippen LogP contribution < -0.4 is 4.74 Å². The Bertz CT molecular complexity index is 861. The zero-order valence-corrected chi connectivity index (χ0v) is 15.1. The Kier molecular flexibility index (Phi) is 5.68. The number of aromatic nitrogens is 1. The van der Waals surface area contributed by atoms with Gasteiger partial charge in [0.25, 0.3) is 0 Å². The maximum atomic E-state index is 12.1. The van der Waals surface area contributed by atoms with E-state index in [0.717, 1.165) is 10.6 Å². The molecular formula is C19H16ClNO3S. The summed E-state index contributed by atoms with van der Waals surface area (Å²) in [6.45, 7) is 2.38. The first-order valence-corrected chi connectivity index (χ1v) is 8.96. The molecule has 3 aromatic rings. The molecule has 1 heterocycles. The van der Waals surface area contributed by atoms with Gasteiger partial charge in [-0.3, -0.25) is 0 Å². The van der Waals surface area contributed by atoms with Crippen LogP contribution in [0.5, 0.6) is 5.75 Å². The van der Waals surface area contributed by atoms with Crippen molar-refractivity contribution in [1.29, 1.82) is 0 Å². The number of rotatable bonds is 6. The number of aryl methyl sites for hydroxylation is 1. The van der Waals surface area contributed by atoms with Crippen molar-refractivity contribution in [2.45, 2.75) is 6.92 Å². The number of thiazole rings is 1. The minimum absolute atomic E-state index is 0.126. The van der Waals surface area contributed by atoms with Crippen LogP contribution in [0.15, 0.2) is 53.9 Å². The van der Waals surface area contributed by atoms with E-state index < -0.39 is 5.97 Å². The molecule has 6 heteroatoms. The highest BCUT2D eigenvalue weighted by Gasteiger charge is 2.13. The van der Waals surface area contributed by atoms with Crippen LogP contribution in [0.2, 0.25) is 5.02 Å². The summed E-state index contributed by atoms with van der Waals surface area (Å²) in [5.41, 5.74) is 2.47. The fourth-order valence-corrected chi connectivity index (χ4v) is 3.10. The number of carbonyl (C=O) groups is 1. The third-order valence-electron chi connectivity index (χ3n) is 3.42. The van der Waals surface area contributed by atoms with Crippen molar-refractivity contribution in [1.82, 2.24) is 4.98 Å². The Hall–Kier alpha value is -2.37. The van der Waals surface area contributed by atoms with Crippen LogP contribution in [0.3, 0.4) is 0 Å². The standard InChI is InChI=1S/C19H16ClNO3S/c1-13-6-8-14(9-7-13)18-21-16(12-25-18)19(22)24-11-10-23-17-5-3-2-4-15(17)20/h2-9,12H,10-11H2,1H3. The minimum Gasteiger partial charge on any atom is -0.488 e. The van der Waals surface area contributed by atoms with Crippen molar-refractivity contribution in [3.8, 4) is 16.3 Å². The number of ether oxygens (including phenoxy) is 2. The second-order valence-corrected chi connectivity index (χ2v) is 6.58. The van der Waals surface area contributed by atoms with E-state index in [1.54, 1.807) is 17.5 Å². The fourth-order valence-electron chi connectivity index (χ4n) is 2.12. The maximum Gasteiger partial charge on any atom is 0.357 e. The molecule has 0 saturated carbocycles. The Morgan fingerprint density at radius 3 is 2.64 bits per heavy atom. The van der Waals surface area contributed by atoms with Crippen molar-refractivity contribution in [2.75, 3.05) is 13.2 Å². The molecule has 0 unspecified atom stereocenters. The average Bonchev–Trinajstić information content (AvgIpc) is 3.11.